The molecule has 0 fully saturated rings. The molecule has 0 unspecified atom stereocenters. The number of hydrogen-bond donors (Lipinski definition) is 1. The van der Waals surface area contributed by atoms with E-state index in [9.17, 15) is 0 Å². The Balaban J connectivity index is 2.46. The molecule has 2 rings (SSSR count). The fourth-order valence-corrected chi connectivity index (χ4v) is 2.34. The van der Waals surface area contributed by atoms with Gasteiger partial charge in [0.1, 0.15) is 5.75 Å². The predicted molar refractivity (Wildman–Crippen MR) is 63.0 cm³/mol. The summed E-state index contributed by atoms with van der Waals surface area (Å²) in [5.41, 5.74) is 2.71. The number of nitrogens with one attached hydrogen (secondary N) is 1. The van der Waals surface area contributed by atoms with Crippen LogP contribution in [-0.4, -0.2) is 20.2 Å². The summed E-state index contributed by atoms with van der Waals surface area (Å²) in [6.07, 6.45) is 1.05. The van der Waals surface area contributed by atoms with E-state index in [0.29, 0.717) is 10.9 Å². The molecule has 82 valence electrons. The van der Waals surface area contributed by atoms with Crippen molar-refractivity contribution in [1.82, 2.24) is 5.32 Å². The minimum Gasteiger partial charge on any atom is -0.495 e. The van der Waals surface area contributed by atoms with Crippen LogP contribution in [0.3, 0.4) is 0 Å². The third-order valence-electron chi connectivity index (χ3n) is 2.97. The van der Waals surface area contributed by atoms with E-state index in [0.717, 1.165) is 25.3 Å². The fourth-order valence-electron chi connectivity index (χ4n) is 2.09. The monoisotopic (exact) mass is 225 g/mol. The van der Waals surface area contributed by atoms with Crippen LogP contribution in [0.25, 0.3) is 0 Å². The van der Waals surface area contributed by atoms with E-state index in [1.165, 1.54) is 11.1 Å². The van der Waals surface area contributed by atoms with Gasteiger partial charge in [0.15, 0.2) is 0 Å². The van der Waals surface area contributed by atoms with E-state index in [4.69, 9.17) is 16.3 Å². The SMILES string of the molecule is COc1cc2c(cc1Cl)[C@H](C)CNCC2. The highest BCUT2D eigenvalue weighted by molar-refractivity contribution is 6.32. The Morgan fingerprint density at radius 1 is 1.47 bits per heavy atom. The summed E-state index contributed by atoms with van der Waals surface area (Å²) >= 11 is 6.13. The summed E-state index contributed by atoms with van der Waals surface area (Å²) in [6.45, 7) is 4.28. The molecule has 3 heteroatoms. The molecule has 15 heavy (non-hydrogen) atoms. The molecule has 0 radical (unpaired) electrons. The number of ether oxygens (including phenoxy) is 1. The standard InChI is InChI=1S/C12H16ClNO/c1-8-7-14-4-3-9-5-12(15-2)11(13)6-10(8)9/h5-6,8,14H,3-4,7H2,1-2H3/t8-/m1/s1. The molecule has 1 aromatic rings. The molecule has 0 bridgehead atoms. The third-order valence-corrected chi connectivity index (χ3v) is 3.26. The highest BCUT2D eigenvalue weighted by Gasteiger charge is 2.16. The third kappa shape index (κ3) is 2.11. The van der Waals surface area contributed by atoms with Crippen LogP contribution < -0.4 is 10.1 Å². The summed E-state index contributed by atoms with van der Waals surface area (Å²) in [6, 6.07) is 4.12. The van der Waals surface area contributed by atoms with Gasteiger partial charge >= 0.3 is 0 Å². The lowest BCUT2D eigenvalue weighted by Crippen LogP contribution is -2.18. The van der Waals surface area contributed by atoms with E-state index in [-0.39, 0.29) is 0 Å². The van der Waals surface area contributed by atoms with Crippen LogP contribution in [0.4, 0.5) is 0 Å². The van der Waals surface area contributed by atoms with Crippen LogP contribution in [0.1, 0.15) is 24.0 Å². The van der Waals surface area contributed by atoms with Crippen molar-refractivity contribution in [2.24, 2.45) is 0 Å². The Morgan fingerprint density at radius 2 is 2.27 bits per heavy atom. The van der Waals surface area contributed by atoms with Crippen molar-refractivity contribution < 1.29 is 4.74 Å². The van der Waals surface area contributed by atoms with Crippen molar-refractivity contribution in [1.29, 1.82) is 0 Å². The number of hydrogen-bond acceptors (Lipinski definition) is 2. The lowest BCUT2D eigenvalue weighted by atomic mass is 9.95. The summed E-state index contributed by atoms with van der Waals surface area (Å²) in [7, 11) is 1.66. The summed E-state index contributed by atoms with van der Waals surface area (Å²) in [4.78, 5) is 0. The first-order valence-corrected chi connectivity index (χ1v) is 5.67. The van der Waals surface area contributed by atoms with E-state index >= 15 is 0 Å². The van der Waals surface area contributed by atoms with Gasteiger partial charge in [0.2, 0.25) is 0 Å². The quantitative estimate of drug-likeness (QED) is 0.794. The summed E-state index contributed by atoms with van der Waals surface area (Å²) in [5.74, 6) is 1.30. The Kier molecular flexibility index (Phi) is 3.17. The van der Waals surface area contributed by atoms with Crippen LogP contribution in [-0.2, 0) is 6.42 Å². The van der Waals surface area contributed by atoms with E-state index in [1.807, 2.05) is 6.07 Å². The van der Waals surface area contributed by atoms with Crippen molar-refractivity contribution in [2.75, 3.05) is 20.2 Å². The molecule has 0 amide bonds. The molecular weight excluding hydrogens is 210 g/mol. The molecule has 0 aromatic heterocycles. The number of benzene rings is 1. The number of methoxy groups -OCH3 is 1. The number of rotatable bonds is 1. The van der Waals surface area contributed by atoms with Crippen molar-refractivity contribution in [3.63, 3.8) is 0 Å². The maximum Gasteiger partial charge on any atom is 0.137 e. The Bertz CT molecular complexity index is 365. The smallest absolute Gasteiger partial charge is 0.137 e. The first-order chi connectivity index (χ1) is 7.22. The maximum atomic E-state index is 6.13. The van der Waals surface area contributed by atoms with Crippen molar-refractivity contribution in [3.05, 3.63) is 28.3 Å². The van der Waals surface area contributed by atoms with Gasteiger partial charge < -0.3 is 10.1 Å². The minimum atomic E-state index is 0.519. The second kappa shape index (κ2) is 4.42. The molecule has 0 spiro atoms. The van der Waals surface area contributed by atoms with Gasteiger partial charge in [0.05, 0.1) is 12.1 Å². The van der Waals surface area contributed by atoms with E-state index < -0.39 is 0 Å². The van der Waals surface area contributed by atoms with Gasteiger partial charge in [-0.25, -0.2) is 0 Å². The van der Waals surface area contributed by atoms with Gasteiger partial charge in [-0.1, -0.05) is 18.5 Å². The van der Waals surface area contributed by atoms with Crippen LogP contribution in [0.2, 0.25) is 5.02 Å². The van der Waals surface area contributed by atoms with Crippen molar-refractivity contribution in [3.8, 4) is 5.75 Å². The molecule has 0 saturated heterocycles. The Labute approximate surface area is 95.6 Å². The van der Waals surface area contributed by atoms with Crippen LogP contribution in [0.15, 0.2) is 12.1 Å². The zero-order valence-corrected chi connectivity index (χ0v) is 9.90. The summed E-state index contributed by atoms with van der Waals surface area (Å²) < 4.78 is 5.23. The van der Waals surface area contributed by atoms with Crippen LogP contribution >= 0.6 is 11.6 Å². The minimum absolute atomic E-state index is 0.519. The van der Waals surface area contributed by atoms with Gasteiger partial charge in [0.25, 0.3) is 0 Å². The van der Waals surface area contributed by atoms with E-state index in [1.54, 1.807) is 7.11 Å². The first kappa shape index (κ1) is 10.8. The van der Waals surface area contributed by atoms with Crippen LogP contribution in [0.5, 0.6) is 5.75 Å². The van der Waals surface area contributed by atoms with Gasteiger partial charge in [-0.3, -0.25) is 0 Å². The molecule has 2 nitrogen and oxygen atoms in total. The first-order valence-electron chi connectivity index (χ1n) is 5.29. The maximum absolute atomic E-state index is 6.13. The molecule has 1 heterocycles. The molecule has 1 aromatic carbocycles. The van der Waals surface area contributed by atoms with Gasteiger partial charge in [-0.15, -0.1) is 0 Å². The number of fused-ring (bicyclic) bond motifs is 1. The zero-order valence-electron chi connectivity index (χ0n) is 9.14. The van der Waals surface area contributed by atoms with Gasteiger partial charge in [-0.2, -0.15) is 0 Å². The second-order valence-electron chi connectivity index (χ2n) is 4.04. The Morgan fingerprint density at radius 3 is 3.00 bits per heavy atom. The second-order valence-corrected chi connectivity index (χ2v) is 4.45. The highest BCUT2D eigenvalue weighted by atomic mass is 35.5. The topological polar surface area (TPSA) is 21.3 Å². The molecule has 1 N–H and O–H groups in total. The lowest BCUT2D eigenvalue weighted by molar-refractivity contribution is 0.414. The average molecular weight is 226 g/mol. The highest BCUT2D eigenvalue weighted by Crippen LogP contribution is 2.32. The van der Waals surface area contributed by atoms with Gasteiger partial charge in [-0.05, 0) is 42.1 Å². The predicted octanol–water partition coefficient (Wildman–Crippen LogP) is 2.60. The zero-order chi connectivity index (χ0) is 10.8. The largest absolute Gasteiger partial charge is 0.495 e. The molecule has 1 atom stereocenters. The molecule has 1 aliphatic rings. The summed E-state index contributed by atoms with van der Waals surface area (Å²) in [5, 5.41) is 4.13. The average Bonchev–Trinajstić information content (AvgIpc) is 2.40. The molecule has 0 aliphatic carbocycles. The Hall–Kier alpha value is -0.730. The van der Waals surface area contributed by atoms with Crippen molar-refractivity contribution in [2.45, 2.75) is 19.3 Å². The molecule has 1 aliphatic heterocycles. The molecular formula is C12H16ClNO. The molecule has 0 saturated carbocycles. The van der Waals surface area contributed by atoms with Crippen molar-refractivity contribution >= 4 is 11.6 Å². The number of halogens is 1. The van der Waals surface area contributed by atoms with E-state index in [2.05, 4.69) is 18.3 Å². The normalized spacial score (nSPS) is 20.6. The van der Waals surface area contributed by atoms with Crippen LogP contribution in [0, 0.1) is 0 Å². The fraction of sp³-hybridized carbons (Fsp3) is 0.500. The van der Waals surface area contributed by atoms with Gasteiger partial charge in [0, 0.05) is 6.54 Å². The lowest BCUT2D eigenvalue weighted by Gasteiger charge is -2.14.